The fourth-order valence-electron chi connectivity index (χ4n) is 2.32. The van der Waals surface area contributed by atoms with Gasteiger partial charge in [-0.25, -0.2) is 0 Å². The van der Waals surface area contributed by atoms with E-state index in [1.807, 2.05) is 0 Å². The molecule has 0 N–H and O–H groups in total. The van der Waals surface area contributed by atoms with E-state index in [0.29, 0.717) is 5.41 Å². The summed E-state index contributed by atoms with van der Waals surface area (Å²) in [5, 5.41) is 0. The highest BCUT2D eigenvalue weighted by Gasteiger charge is 2.30. The molecular formula is C15H18. The lowest BCUT2D eigenvalue weighted by Gasteiger charge is -2.26. The second kappa shape index (κ2) is 3.42. The van der Waals surface area contributed by atoms with Crippen LogP contribution in [-0.4, -0.2) is 0 Å². The molecule has 0 saturated heterocycles. The highest BCUT2D eigenvalue weighted by atomic mass is 14.3. The van der Waals surface area contributed by atoms with Crippen molar-refractivity contribution < 1.29 is 0 Å². The van der Waals surface area contributed by atoms with Crippen LogP contribution in [0.2, 0.25) is 0 Å². The SMILES string of the molecule is C#Cc1ccc2c(c1)CC(C(C)(C)C)C2. The Morgan fingerprint density at radius 1 is 1.20 bits per heavy atom. The fraction of sp³-hybridized carbons (Fsp3) is 0.467. The van der Waals surface area contributed by atoms with E-state index in [2.05, 4.69) is 44.9 Å². The van der Waals surface area contributed by atoms with Crippen LogP contribution in [0.4, 0.5) is 0 Å². The van der Waals surface area contributed by atoms with Gasteiger partial charge in [0.15, 0.2) is 0 Å². The van der Waals surface area contributed by atoms with Gasteiger partial charge < -0.3 is 0 Å². The molecule has 1 aliphatic carbocycles. The van der Waals surface area contributed by atoms with Crippen LogP contribution in [0.1, 0.15) is 37.5 Å². The molecule has 0 spiro atoms. The predicted molar refractivity (Wildman–Crippen MR) is 64.7 cm³/mol. The third-order valence-electron chi connectivity index (χ3n) is 3.53. The lowest BCUT2D eigenvalue weighted by atomic mass is 9.79. The molecule has 1 atom stereocenters. The topological polar surface area (TPSA) is 0 Å². The second-order valence-electron chi connectivity index (χ2n) is 5.60. The van der Waals surface area contributed by atoms with Gasteiger partial charge in [0, 0.05) is 5.56 Å². The number of hydrogen-bond acceptors (Lipinski definition) is 0. The minimum Gasteiger partial charge on any atom is -0.115 e. The number of terminal acetylenes is 1. The van der Waals surface area contributed by atoms with Crippen molar-refractivity contribution in [1.29, 1.82) is 0 Å². The van der Waals surface area contributed by atoms with Gasteiger partial charge in [-0.3, -0.25) is 0 Å². The van der Waals surface area contributed by atoms with Crippen LogP contribution in [0, 0.1) is 23.7 Å². The van der Waals surface area contributed by atoms with E-state index in [4.69, 9.17) is 6.42 Å². The largest absolute Gasteiger partial charge is 0.115 e. The molecule has 0 heteroatoms. The normalized spacial score (nSPS) is 19.7. The molecule has 0 bridgehead atoms. The highest BCUT2D eigenvalue weighted by Crippen LogP contribution is 2.38. The van der Waals surface area contributed by atoms with E-state index >= 15 is 0 Å². The highest BCUT2D eigenvalue weighted by molar-refractivity contribution is 5.42. The van der Waals surface area contributed by atoms with E-state index in [1.54, 1.807) is 0 Å². The third-order valence-corrected chi connectivity index (χ3v) is 3.53. The Bertz CT molecular complexity index is 413. The second-order valence-corrected chi connectivity index (χ2v) is 5.60. The molecule has 1 aromatic carbocycles. The molecule has 0 aliphatic heterocycles. The molecular weight excluding hydrogens is 180 g/mol. The van der Waals surface area contributed by atoms with Crippen LogP contribution < -0.4 is 0 Å². The van der Waals surface area contributed by atoms with Gasteiger partial charge in [0.25, 0.3) is 0 Å². The van der Waals surface area contributed by atoms with Crippen LogP contribution >= 0.6 is 0 Å². The van der Waals surface area contributed by atoms with Gasteiger partial charge in [0.1, 0.15) is 0 Å². The van der Waals surface area contributed by atoms with Gasteiger partial charge in [0.2, 0.25) is 0 Å². The van der Waals surface area contributed by atoms with Crippen molar-refractivity contribution in [3.8, 4) is 12.3 Å². The molecule has 2 rings (SSSR count). The van der Waals surface area contributed by atoms with Gasteiger partial charge >= 0.3 is 0 Å². The summed E-state index contributed by atoms with van der Waals surface area (Å²) in [5.74, 6) is 3.47. The zero-order valence-corrected chi connectivity index (χ0v) is 9.80. The van der Waals surface area contributed by atoms with Crippen LogP contribution in [0.3, 0.4) is 0 Å². The maximum Gasteiger partial charge on any atom is 0.0245 e. The Balaban J connectivity index is 2.29. The molecule has 0 aromatic heterocycles. The van der Waals surface area contributed by atoms with Crippen molar-refractivity contribution in [3.63, 3.8) is 0 Å². The van der Waals surface area contributed by atoms with Gasteiger partial charge in [-0.1, -0.05) is 32.8 Å². The first-order chi connectivity index (χ1) is 7.00. The van der Waals surface area contributed by atoms with E-state index in [1.165, 1.54) is 24.0 Å². The summed E-state index contributed by atoms with van der Waals surface area (Å²) < 4.78 is 0. The Labute approximate surface area is 92.7 Å². The van der Waals surface area contributed by atoms with Gasteiger partial charge in [-0.05, 0) is 47.4 Å². The average Bonchev–Trinajstić information content (AvgIpc) is 2.59. The zero-order chi connectivity index (χ0) is 11.1. The molecule has 0 heterocycles. The first kappa shape index (κ1) is 10.3. The van der Waals surface area contributed by atoms with Crippen LogP contribution in [-0.2, 0) is 12.8 Å². The first-order valence-electron chi connectivity index (χ1n) is 5.59. The van der Waals surface area contributed by atoms with Gasteiger partial charge in [0.05, 0.1) is 0 Å². The predicted octanol–water partition coefficient (Wildman–Crippen LogP) is 3.43. The van der Waals surface area contributed by atoms with Crippen molar-refractivity contribution in [2.24, 2.45) is 11.3 Å². The molecule has 0 saturated carbocycles. The quantitative estimate of drug-likeness (QED) is 0.560. The molecule has 0 fully saturated rings. The molecule has 0 amide bonds. The van der Waals surface area contributed by atoms with E-state index in [0.717, 1.165) is 11.5 Å². The van der Waals surface area contributed by atoms with Crippen LogP contribution in [0.25, 0.3) is 0 Å². The fourth-order valence-corrected chi connectivity index (χ4v) is 2.32. The summed E-state index contributed by atoms with van der Waals surface area (Å²) in [7, 11) is 0. The van der Waals surface area contributed by atoms with E-state index in [9.17, 15) is 0 Å². The zero-order valence-electron chi connectivity index (χ0n) is 9.80. The van der Waals surface area contributed by atoms with Crippen molar-refractivity contribution in [3.05, 3.63) is 34.9 Å². The third kappa shape index (κ3) is 1.92. The minimum absolute atomic E-state index is 0.398. The molecule has 78 valence electrons. The summed E-state index contributed by atoms with van der Waals surface area (Å²) >= 11 is 0. The Hall–Kier alpha value is -1.22. The molecule has 15 heavy (non-hydrogen) atoms. The molecule has 1 aromatic rings. The number of hydrogen-bond donors (Lipinski definition) is 0. The lowest BCUT2D eigenvalue weighted by Crippen LogP contribution is -2.20. The van der Waals surface area contributed by atoms with Crippen LogP contribution in [0.5, 0.6) is 0 Å². The maximum absolute atomic E-state index is 5.41. The molecule has 1 unspecified atom stereocenters. The van der Waals surface area contributed by atoms with Crippen molar-refractivity contribution in [1.82, 2.24) is 0 Å². The smallest absolute Gasteiger partial charge is 0.0245 e. The van der Waals surface area contributed by atoms with Gasteiger partial charge in [-0.2, -0.15) is 0 Å². The Kier molecular flexibility index (Phi) is 2.35. The van der Waals surface area contributed by atoms with Crippen molar-refractivity contribution >= 4 is 0 Å². The Morgan fingerprint density at radius 3 is 2.47 bits per heavy atom. The number of fused-ring (bicyclic) bond motifs is 1. The maximum atomic E-state index is 5.41. The summed E-state index contributed by atoms with van der Waals surface area (Å²) in [6, 6.07) is 6.45. The standard InChI is InChI=1S/C15H18/c1-5-11-6-7-12-9-14(15(2,3)4)10-13(12)8-11/h1,6-8,14H,9-10H2,2-4H3. The van der Waals surface area contributed by atoms with Crippen molar-refractivity contribution in [2.45, 2.75) is 33.6 Å². The summed E-state index contributed by atoms with van der Waals surface area (Å²) in [6.07, 6.45) is 7.82. The summed E-state index contributed by atoms with van der Waals surface area (Å²) in [6.45, 7) is 6.98. The Morgan fingerprint density at radius 2 is 1.87 bits per heavy atom. The first-order valence-corrected chi connectivity index (χ1v) is 5.59. The molecule has 0 radical (unpaired) electrons. The molecule has 1 aliphatic rings. The average molecular weight is 198 g/mol. The van der Waals surface area contributed by atoms with Crippen LogP contribution in [0.15, 0.2) is 18.2 Å². The van der Waals surface area contributed by atoms with Gasteiger partial charge in [-0.15, -0.1) is 6.42 Å². The van der Waals surface area contributed by atoms with E-state index < -0.39 is 0 Å². The van der Waals surface area contributed by atoms with Crippen molar-refractivity contribution in [2.75, 3.05) is 0 Å². The number of benzene rings is 1. The van der Waals surface area contributed by atoms with E-state index in [-0.39, 0.29) is 0 Å². The summed E-state index contributed by atoms with van der Waals surface area (Å²) in [5.41, 5.74) is 4.37. The monoisotopic (exact) mass is 198 g/mol. The lowest BCUT2D eigenvalue weighted by molar-refractivity contribution is 0.251. The molecule has 0 nitrogen and oxygen atoms in total. The minimum atomic E-state index is 0.398. The summed E-state index contributed by atoms with van der Waals surface area (Å²) in [4.78, 5) is 0. The number of rotatable bonds is 0.